The quantitative estimate of drug-likeness (QED) is 0.640. The first kappa shape index (κ1) is 17.0. The topological polar surface area (TPSA) is 110 Å². The maximum Gasteiger partial charge on any atom is 0.316 e. The second-order valence-corrected chi connectivity index (χ2v) is 5.58. The fraction of sp³-hybridized carbons (Fsp3) is 0.467. The maximum absolute atomic E-state index is 12.0. The molecule has 0 radical (unpaired) electrons. The number of nitrogens with one attached hydrogen (secondary N) is 2. The number of benzene rings is 1. The van der Waals surface area contributed by atoms with Crippen molar-refractivity contribution in [3.63, 3.8) is 0 Å². The third kappa shape index (κ3) is 5.83. The number of primary amides is 1. The smallest absolute Gasteiger partial charge is 0.316 e. The first-order chi connectivity index (χ1) is 9.79. The molecule has 0 heterocycles. The van der Waals surface area contributed by atoms with E-state index in [1.54, 1.807) is 12.1 Å². The summed E-state index contributed by atoms with van der Waals surface area (Å²) in [6.07, 6.45) is 0.653. The number of anilines is 1. The van der Waals surface area contributed by atoms with E-state index in [1.807, 2.05) is 32.9 Å². The van der Waals surface area contributed by atoms with E-state index in [9.17, 15) is 9.59 Å². The molecular formula is C15H24N4O2. The summed E-state index contributed by atoms with van der Waals surface area (Å²) in [5.74, 6) is 0.218. The highest BCUT2D eigenvalue weighted by atomic mass is 16.2. The van der Waals surface area contributed by atoms with Crippen LogP contribution in [0, 0.1) is 5.92 Å². The van der Waals surface area contributed by atoms with Gasteiger partial charge in [-0.3, -0.25) is 4.79 Å². The molecule has 0 spiro atoms. The zero-order valence-electron chi connectivity index (χ0n) is 12.7. The minimum absolute atomic E-state index is 0.154. The van der Waals surface area contributed by atoms with Gasteiger partial charge < -0.3 is 22.1 Å². The molecule has 0 aliphatic heterocycles. The zero-order chi connectivity index (χ0) is 16.0. The molecule has 0 aliphatic carbocycles. The fourth-order valence-electron chi connectivity index (χ4n) is 2.02. The van der Waals surface area contributed by atoms with E-state index in [0.717, 1.165) is 5.56 Å². The minimum Gasteiger partial charge on any atom is -0.351 e. The van der Waals surface area contributed by atoms with Gasteiger partial charge in [0.2, 0.25) is 5.91 Å². The normalized spacial score (nSPS) is 13.6. The number of carbonyl (C=O) groups is 2. The molecule has 116 valence electrons. The Hall–Kier alpha value is -2.08. The van der Waals surface area contributed by atoms with Crippen LogP contribution in [0.4, 0.5) is 10.5 Å². The lowest BCUT2D eigenvalue weighted by molar-refractivity contribution is -0.123. The molecule has 1 aromatic rings. The predicted molar refractivity (Wildman–Crippen MR) is 83.6 cm³/mol. The van der Waals surface area contributed by atoms with Gasteiger partial charge in [-0.1, -0.05) is 26.0 Å². The van der Waals surface area contributed by atoms with Gasteiger partial charge in [0, 0.05) is 5.69 Å². The highest BCUT2D eigenvalue weighted by molar-refractivity contribution is 5.87. The van der Waals surface area contributed by atoms with Gasteiger partial charge in [0.15, 0.2) is 0 Å². The van der Waals surface area contributed by atoms with Gasteiger partial charge in [0.1, 0.15) is 0 Å². The number of nitrogens with two attached hydrogens (primary N) is 2. The Morgan fingerprint density at radius 2 is 1.71 bits per heavy atom. The molecule has 0 aliphatic rings. The number of amides is 3. The van der Waals surface area contributed by atoms with Crippen LogP contribution in [0.3, 0.4) is 0 Å². The highest BCUT2D eigenvalue weighted by Gasteiger charge is 2.17. The molecule has 0 saturated heterocycles. The molecule has 1 rings (SSSR count). The van der Waals surface area contributed by atoms with Gasteiger partial charge in [0.25, 0.3) is 0 Å². The molecule has 6 heteroatoms. The number of hydrogen-bond acceptors (Lipinski definition) is 3. The third-order valence-electron chi connectivity index (χ3n) is 3.10. The van der Waals surface area contributed by atoms with Crippen molar-refractivity contribution >= 4 is 17.6 Å². The Labute approximate surface area is 125 Å². The minimum atomic E-state index is -0.608. The molecule has 2 atom stereocenters. The van der Waals surface area contributed by atoms with Crippen molar-refractivity contribution in [2.75, 3.05) is 5.32 Å². The van der Waals surface area contributed by atoms with Crippen LogP contribution in [0.15, 0.2) is 24.3 Å². The zero-order valence-corrected chi connectivity index (χ0v) is 12.7. The van der Waals surface area contributed by atoms with Gasteiger partial charge in [-0.05, 0) is 37.0 Å². The molecule has 2 unspecified atom stereocenters. The molecular weight excluding hydrogens is 268 g/mol. The summed E-state index contributed by atoms with van der Waals surface area (Å²) < 4.78 is 0. The van der Waals surface area contributed by atoms with Crippen molar-refractivity contribution in [2.45, 2.75) is 39.3 Å². The van der Waals surface area contributed by atoms with Crippen LogP contribution in [0.1, 0.15) is 38.8 Å². The van der Waals surface area contributed by atoms with Crippen LogP contribution in [-0.2, 0) is 4.79 Å². The summed E-state index contributed by atoms with van der Waals surface area (Å²) in [7, 11) is 0. The van der Waals surface area contributed by atoms with E-state index >= 15 is 0 Å². The van der Waals surface area contributed by atoms with Crippen LogP contribution in [0.2, 0.25) is 0 Å². The Bertz CT molecular complexity index is 485. The van der Waals surface area contributed by atoms with Crippen molar-refractivity contribution in [1.29, 1.82) is 0 Å². The van der Waals surface area contributed by atoms with E-state index in [0.29, 0.717) is 18.0 Å². The second kappa shape index (κ2) is 7.64. The largest absolute Gasteiger partial charge is 0.351 e. The van der Waals surface area contributed by atoms with E-state index in [1.165, 1.54) is 0 Å². The summed E-state index contributed by atoms with van der Waals surface area (Å²) in [5.41, 5.74) is 12.4. The number of carbonyl (C=O) groups excluding carboxylic acids is 2. The SMILES string of the molecule is CC(C)CC(N)C(=O)NC(C)c1ccc(NC(N)=O)cc1. The lowest BCUT2D eigenvalue weighted by Gasteiger charge is -2.19. The summed E-state index contributed by atoms with van der Waals surface area (Å²) in [6, 6.07) is 5.85. The molecule has 6 N–H and O–H groups in total. The number of hydrogen-bond donors (Lipinski definition) is 4. The van der Waals surface area contributed by atoms with Crippen LogP contribution < -0.4 is 22.1 Å². The lowest BCUT2D eigenvalue weighted by atomic mass is 10.0. The lowest BCUT2D eigenvalue weighted by Crippen LogP contribution is -2.42. The van der Waals surface area contributed by atoms with Gasteiger partial charge in [0.05, 0.1) is 12.1 Å². The van der Waals surface area contributed by atoms with E-state index in [4.69, 9.17) is 11.5 Å². The van der Waals surface area contributed by atoms with Crippen molar-refractivity contribution in [2.24, 2.45) is 17.4 Å². The molecule has 0 saturated carbocycles. The summed E-state index contributed by atoms with van der Waals surface area (Å²) in [6.45, 7) is 5.94. The Kier molecular flexibility index (Phi) is 6.17. The van der Waals surface area contributed by atoms with Crippen LogP contribution in [0.25, 0.3) is 0 Å². The van der Waals surface area contributed by atoms with Crippen molar-refractivity contribution < 1.29 is 9.59 Å². The van der Waals surface area contributed by atoms with Crippen LogP contribution in [0.5, 0.6) is 0 Å². The third-order valence-corrected chi connectivity index (χ3v) is 3.10. The molecule has 0 aromatic heterocycles. The van der Waals surface area contributed by atoms with E-state index in [2.05, 4.69) is 10.6 Å². The van der Waals surface area contributed by atoms with E-state index < -0.39 is 12.1 Å². The molecule has 0 bridgehead atoms. The average Bonchev–Trinajstić information content (AvgIpc) is 2.37. The van der Waals surface area contributed by atoms with Gasteiger partial charge in [-0.2, -0.15) is 0 Å². The monoisotopic (exact) mass is 292 g/mol. The van der Waals surface area contributed by atoms with Crippen molar-refractivity contribution in [3.05, 3.63) is 29.8 Å². The first-order valence-electron chi connectivity index (χ1n) is 7.02. The van der Waals surface area contributed by atoms with Gasteiger partial charge in [-0.25, -0.2) is 4.79 Å². The van der Waals surface area contributed by atoms with Crippen LogP contribution >= 0.6 is 0 Å². The molecule has 21 heavy (non-hydrogen) atoms. The summed E-state index contributed by atoms with van der Waals surface area (Å²) in [5, 5.41) is 5.37. The van der Waals surface area contributed by atoms with Crippen molar-refractivity contribution in [3.8, 4) is 0 Å². The molecule has 3 amide bonds. The van der Waals surface area contributed by atoms with Gasteiger partial charge >= 0.3 is 6.03 Å². The molecule has 6 nitrogen and oxygen atoms in total. The molecule has 0 fully saturated rings. The summed E-state index contributed by atoms with van der Waals surface area (Å²) in [4.78, 5) is 22.7. The Morgan fingerprint density at radius 3 is 2.19 bits per heavy atom. The van der Waals surface area contributed by atoms with Crippen LogP contribution in [-0.4, -0.2) is 18.0 Å². The average molecular weight is 292 g/mol. The number of rotatable bonds is 6. The standard InChI is InChI=1S/C15H24N4O2/c1-9(2)8-13(16)14(20)18-10(3)11-4-6-12(7-5-11)19-15(17)21/h4-7,9-10,13H,8,16H2,1-3H3,(H,18,20)(H3,17,19,21). The fourth-order valence-corrected chi connectivity index (χ4v) is 2.02. The van der Waals surface area contributed by atoms with Gasteiger partial charge in [-0.15, -0.1) is 0 Å². The van der Waals surface area contributed by atoms with Crippen molar-refractivity contribution in [1.82, 2.24) is 5.32 Å². The molecule has 1 aromatic carbocycles. The highest BCUT2D eigenvalue weighted by Crippen LogP contribution is 2.16. The Balaban J connectivity index is 2.60. The Morgan fingerprint density at radius 1 is 1.14 bits per heavy atom. The maximum atomic E-state index is 12.0. The summed E-state index contributed by atoms with van der Waals surface area (Å²) >= 11 is 0. The first-order valence-corrected chi connectivity index (χ1v) is 7.02. The predicted octanol–water partition coefficient (Wildman–Crippen LogP) is 1.73. The second-order valence-electron chi connectivity index (χ2n) is 5.58. The number of urea groups is 1. The van der Waals surface area contributed by atoms with E-state index in [-0.39, 0.29) is 11.9 Å².